The number of allylic oxidation sites excluding steroid dienone is 26. The number of unbranched alkanes of at least 4 members (excludes halogenated alkanes) is 22. The largest absolute Gasteiger partial charge is 0.462 e. The van der Waals surface area contributed by atoms with Crippen molar-refractivity contribution in [2.24, 2.45) is 0 Å². The number of esters is 3. The molecule has 0 bridgehead atoms. The van der Waals surface area contributed by atoms with E-state index in [1.807, 2.05) is 0 Å². The number of carbonyl (C=O) groups is 3. The van der Waals surface area contributed by atoms with Crippen molar-refractivity contribution >= 4 is 17.9 Å². The van der Waals surface area contributed by atoms with Gasteiger partial charge in [0.25, 0.3) is 0 Å². The zero-order valence-electron chi connectivity index (χ0n) is 52.9. The highest BCUT2D eigenvalue weighted by Gasteiger charge is 2.19. The van der Waals surface area contributed by atoms with Crippen LogP contribution in [0.5, 0.6) is 0 Å². The maximum atomic E-state index is 12.9. The molecule has 0 heterocycles. The number of hydrogen-bond acceptors (Lipinski definition) is 6. The molecule has 1 atom stereocenters. The summed E-state index contributed by atoms with van der Waals surface area (Å²) in [5.41, 5.74) is 0. The van der Waals surface area contributed by atoms with Crippen molar-refractivity contribution in [1.82, 2.24) is 0 Å². The molecular formula is C76H122O6. The molecule has 6 nitrogen and oxygen atoms in total. The lowest BCUT2D eigenvalue weighted by Gasteiger charge is -2.18. The SMILES string of the molecule is CC/C=C\C/C=C\C/C=C\C/C=C\C/C=C\C/C=C\C/C=C\C/C=C\C/C=C\CCCC(=O)OCC(COC(=O)CCCC/C=C\C/C=C\C/C=C\C/C=C\CC)OC(=O)CCCCCCCCCCCCCCCCCCCCCC. The Hall–Kier alpha value is -4.97. The van der Waals surface area contributed by atoms with Gasteiger partial charge in [-0.3, -0.25) is 14.4 Å². The molecule has 0 saturated carbocycles. The van der Waals surface area contributed by atoms with Gasteiger partial charge in [-0.1, -0.05) is 301 Å². The van der Waals surface area contributed by atoms with Gasteiger partial charge in [-0.2, -0.15) is 0 Å². The molecule has 0 rings (SSSR count). The smallest absolute Gasteiger partial charge is 0.306 e. The topological polar surface area (TPSA) is 78.9 Å². The zero-order valence-corrected chi connectivity index (χ0v) is 52.9. The molecule has 0 N–H and O–H groups in total. The van der Waals surface area contributed by atoms with Crippen LogP contribution in [0.25, 0.3) is 0 Å². The molecule has 0 saturated heterocycles. The predicted molar refractivity (Wildman–Crippen MR) is 357 cm³/mol. The first kappa shape index (κ1) is 77.0. The lowest BCUT2D eigenvalue weighted by molar-refractivity contribution is -0.167. The fraction of sp³-hybridized carbons (Fsp3) is 0.618. The lowest BCUT2D eigenvalue weighted by Crippen LogP contribution is -2.30. The van der Waals surface area contributed by atoms with Crippen LogP contribution in [0.15, 0.2) is 158 Å². The maximum absolute atomic E-state index is 12.9. The molecule has 0 spiro atoms. The van der Waals surface area contributed by atoms with E-state index in [-0.39, 0.29) is 37.5 Å². The van der Waals surface area contributed by atoms with Crippen molar-refractivity contribution in [3.8, 4) is 0 Å². The van der Waals surface area contributed by atoms with E-state index in [1.54, 1.807) is 0 Å². The van der Waals surface area contributed by atoms with Gasteiger partial charge in [-0.15, -0.1) is 0 Å². The summed E-state index contributed by atoms with van der Waals surface area (Å²) in [7, 11) is 0. The van der Waals surface area contributed by atoms with Gasteiger partial charge in [0, 0.05) is 19.3 Å². The highest BCUT2D eigenvalue weighted by atomic mass is 16.6. The van der Waals surface area contributed by atoms with E-state index in [4.69, 9.17) is 14.2 Å². The second kappa shape index (κ2) is 68.5. The van der Waals surface area contributed by atoms with Crippen LogP contribution in [0, 0.1) is 0 Å². The number of carbonyl (C=O) groups excluding carboxylic acids is 3. The van der Waals surface area contributed by atoms with Gasteiger partial charge in [0.1, 0.15) is 13.2 Å². The van der Waals surface area contributed by atoms with E-state index in [0.717, 1.165) is 122 Å². The zero-order chi connectivity index (χ0) is 59.2. The van der Waals surface area contributed by atoms with Gasteiger partial charge >= 0.3 is 17.9 Å². The summed E-state index contributed by atoms with van der Waals surface area (Å²) in [5.74, 6) is -1.02. The fourth-order valence-electron chi connectivity index (χ4n) is 8.85. The van der Waals surface area contributed by atoms with Crippen LogP contribution < -0.4 is 0 Å². The van der Waals surface area contributed by atoms with Crippen LogP contribution >= 0.6 is 0 Å². The maximum Gasteiger partial charge on any atom is 0.306 e. The van der Waals surface area contributed by atoms with Gasteiger partial charge in [-0.25, -0.2) is 0 Å². The first-order valence-corrected chi connectivity index (χ1v) is 33.5. The standard InChI is InChI=1S/C76H122O6/c1-4-7-10-13-16-19-22-25-28-30-32-34-35-36-37-38-39-40-41-42-44-45-48-51-54-57-60-63-66-69-75(78)81-72-73(71-80-74(77)68-65-62-59-56-53-50-47-27-24-21-18-15-12-9-6-3)82-76(79)70-67-64-61-58-55-52-49-46-43-33-31-29-26-23-20-17-14-11-8-5-2/h7,9-10,12,16,18-19,21,25,27-28,32,34,36-37,39-40,42,44,47-48,51,53,56-57,60,73H,4-6,8,11,13-15,17,20,22-24,26,29-31,33,35,38,41,43,45-46,49-50,52,54-55,58-59,61-72H2,1-3H3/b10-7-,12-9-,19-16-,21-18-,28-25-,34-32-,37-36-,40-39-,44-42-,47-27-,51-48-,56-53-,60-57-. The average Bonchev–Trinajstić information content (AvgIpc) is 3.47. The van der Waals surface area contributed by atoms with Gasteiger partial charge in [0.05, 0.1) is 0 Å². The summed E-state index contributed by atoms with van der Waals surface area (Å²) in [4.78, 5) is 38.3. The number of rotatable bonds is 59. The Kier molecular flexibility index (Phi) is 64.4. The highest BCUT2D eigenvalue weighted by Crippen LogP contribution is 2.16. The van der Waals surface area contributed by atoms with Crippen molar-refractivity contribution in [3.05, 3.63) is 158 Å². The van der Waals surface area contributed by atoms with Crippen LogP contribution in [0.4, 0.5) is 0 Å². The molecule has 82 heavy (non-hydrogen) atoms. The third-order valence-electron chi connectivity index (χ3n) is 13.8. The predicted octanol–water partition coefficient (Wildman–Crippen LogP) is 23.3. The molecule has 0 aromatic rings. The summed E-state index contributed by atoms with van der Waals surface area (Å²) >= 11 is 0. The minimum Gasteiger partial charge on any atom is -0.462 e. The summed E-state index contributed by atoms with van der Waals surface area (Å²) < 4.78 is 16.9. The Labute approximate surface area is 505 Å². The first-order valence-electron chi connectivity index (χ1n) is 33.5. The van der Waals surface area contributed by atoms with Crippen molar-refractivity contribution < 1.29 is 28.6 Å². The van der Waals surface area contributed by atoms with Gasteiger partial charge in [0.15, 0.2) is 6.10 Å². The molecular weight excluding hydrogens is 1010 g/mol. The van der Waals surface area contributed by atoms with E-state index in [2.05, 4.69) is 179 Å². The van der Waals surface area contributed by atoms with Crippen LogP contribution in [-0.2, 0) is 28.6 Å². The minimum atomic E-state index is -0.826. The molecule has 0 aliphatic carbocycles. The van der Waals surface area contributed by atoms with Crippen LogP contribution in [0.2, 0.25) is 0 Å². The molecule has 0 radical (unpaired) electrons. The average molecular weight is 1130 g/mol. The molecule has 1 unspecified atom stereocenters. The summed E-state index contributed by atoms with van der Waals surface area (Å²) in [5, 5.41) is 0. The monoisotopic (exact) mass is 1130 g/mol. The third-order valence-corrected chi connectivity index (χ3v) is 13.8. The minimum absolute atomic E-state index is 0.122. The van der Waals surface area contributed by atoms with Gasteiger partial charge in [0.2, 0.25) is 0 Å². The Morgan fingerprint density at radius 2 is 0.488 bits per heavy atom. The summed E-state index contributed by atoms with van der Waals surface area (Å²) in [6.45, 7) is 6.34. The quantitative estimate of drug-likeness (QED) is 0.0261. The fourth-order valence-corrected chi connectivity index (χ4v) is 8.85. The molecule has 0 aliphatic heterocycles. The third kappa shape index (κ3) is 65.8. The van der Waals surface area contributed by atoms with Crippen molar-refractivity contribution in [1.29, 1.82) is 0 Å². The molecule has 0 amide bonds. The number of ether oxygens (including phenoxy) is 3. The van der Waals surface area contributed by atoms with Gasteiger partial charge < -0.3 is 14.2 Å². The Bertz CT molecular complexity index is 1830. The second-order valence-electron chi connectivity index (χ2n) is 21.6. The summed E-state index contributed by atoms with van der Waals surface area (Å²) in [6, 6.07) is 0. The van der Waals surface area contributed by atoms with Crippen LogP contribution in [-0.4, -0.2) is 37.2 Å². The molecule has 0 aromatic heterocycles. The van der Waals surface area contributed by atoms with E-state index >= 15 is 0 Å². The van der Waals surface area contributed by atoms with Crippen LogP contribution in [0.3, 0.4) is 0 Å². The highest BCUT2D eigenvalue weighted by molar-refractivity contribution is 5.71. The Morgan fingerprint density at radius 3 is 0.793 bits per heavy atom. The van der Waals surface area contributed by atoms with E-state index in [1.165, 1.54) is 109 Å². The lowest BCUT2D eigenvalue weighted by atomic mass is 10.0. The Morgan fingerprint density at radius 1 is 0.256 bits per heavy atom. The van der Waals surface area contributed by atoms with E-state index in [9.17, 15) is 14.4 Å². The molecule has 0 fully saturated rings. The van der Waals surface area contributed by atoms with Gasteiger partial charge in [-0.05, 0) is 122 Å². The molecule has 0 aliphatic rings. The molecule has 0 aromatic carbocycles. The second-order valence-corrected chi connectivity index (χ2v) is 21.6. The number of hydrogen-bond donors (Lipinski definition) is 0. The van der Waals surface area contributed by atoms with Crippen molar-refractivity contribution in [2.75, 3.05) is 13.2 Å². The Balaban J connectivity index is 4.49. The normalized spacial score (nSPS) is 13.2. The molecule has 6 heteroatoms. The van der Waals surface area contributed by atoms with Crippen LogP contribution in [0.1, 0.15) is 284 Å². The molecule has 462 valence electrons. The summed E-state index contributed by atoms with van der Waals surface area (Å²) in [6.07, 6.45) is 99.8. The van der Waals surface area contributed by atoms with Crippen molar-refractivity contribution in [2.45, 2.75) is 290 Å². The first-order chi connectivity index (χ1) is 40.5. The van der Waals surface area contributed by atoms with E-state index in [0.29, 0.717) is 25.7 Å². The van der Waals surface area contributed by atoms with Crippen molar-refractivity contribution in [3.63, 3.8) is 0 Å². The van der Waals surface area contributed by atoms with E-state index < -0.39 is 6.10 Å².